The molecule has 0 bridgehead atoms. The van der Waals surface area contributed by atoms with Gasteiger partial charge in [0.05, 0.1) is 11.1 Å². The van der Waals surface area contributed by atoms with Crippen molar-refractivity contribution >= 4 is 22.3 Å². The minimum atomic E-state index is -4.02. The predicted molar refractivity (Wildman–Crippen MR) is 118 cm³/mol. The third-order valence-electron chi connectivity index (χ3n) is 4.24. The molecule has 0 saturated heterocycles. The molecule has 5 N–H and O–H groups in total. The summed E-state index contributed by atoms with van der Waals surface area (Å²) < 4.78 is 29.6. The van der Waals surface area contributed by atoms with Crippen molar-refractivity contribution < 1.29 is 13.0 Å². The molecule has 0 aliphatic carbocycles. The van der Waals surface area contributed by atoms with Gasteiger partial charge in [-0.05, 0) is 30.2 Å². The first-order valence-corrected chi connectivity index (χ1v) is 10.4. The highest BCUT2D eigenvalue weighted by Crippen LogP contribution is 2.27. The summed E-state index contributed by atoms with van der Waals surface area (Å²) in [5, 5.41) is 7.34. The number of benzene rings is 2. The number of nitrogens with two attached hydrogens (primary N) is 2. The molecule has 0 saturated carbocycles. The van der Waals surface area contributed by atoms with Crippen LogP contribution in [0.4, 0.5) is 0 Å². The van der Waals surface area contributed by atoms with Gasteiger partial charge in [0.15, 0.2) is 0 Å². The van der Waals surface area contributed by atoms with E-state index in [1.165, 1.54) is 17.7 Å². The first-order valence-electron chi connectivity index (χ1n) is 8.96. The van der Waals surface area contributed by atoms with E-state index >= 15 is 0 Å². The number of aryl methyl sites for hydroxylation is 1. The minimum absolute atomic E-state index is 0.0480. The number of hydrogen-bond donors (Lipinski definition) is 3. The molecule has 0 aromatic heterocycles. The Balaban J connectivity index is 0.000000248. The summed E-state index contributed by atoms with van der Waals surface area (Å²) in [7, 11) is 0.0891. The third-order valence-corrected chi connectivity index (χ3v) is 5.11. The van der Waals surface area contributed by atoms with Gasteiger partial charge in [-0.3, -0.25) is 4.55 Å². The summed E-state index contributed by atoms with van der Waals surface area (Å²) in [6, 6.07) is 14.1. The SMILES string of the molecule is CN1C=CN(C)C1c1ccc(C=NN=C(N)N)cc1.Cc1ccc(S(=O)(=O)O)cc1. The number of rotatable bonds is 4. The summed E-state index contributed by atoms with van der Waals surface area (Å²) in [6.45, 7) is 1.84. The fourth-order valence-corrected chi connectivity index (χ4v) is 3.24. The van der Waals surface area contributed by atoms with Crippen LogP contribution in [-0.2, 0) is 10.1 Å². The molecule has 1 aliphatic heterocycles. The zero-order valence-corrected chi connectivity index (χ0v) is 17.9. The Hall–Kier alpha value is -3.37. The summed E-state index contributed by atoms with van der Waals surface area (Å²) in [5.74, 6) is -0.0480. The molecule has 2 aromatic carbocycles. The van der Waals surface area contributed by atoms with Crippen molar-refractivity contribution in [2.45, 2.75) is 18.0 Å². The van der Waals surface area contributed by atoms with Crippen LogP contribution in [0, 0.1) is 6.92 Å². The molecule has 0 radical (unpaired) electrons. The summed E-state index contributed by atoms with van der Waals surface area (Å²) in [5.41, 5.74) is 13.5. The van der Waals surface area contributed by atoms with E-state index in [0.29, 0.717) is 0 Å². The van der Waals surface area contributed by atoms with Crippen LogP contribution in [0.3, 0.4) is 0 Å². The molecule has 2 aromatic rings. The van der Waals surface area contributed by atoms with Gasteiger partial charge >= 0.3 is 0 Å². The van der Waals surface area contributed by atoms with Crippen molar-refractivity contribution in [3.8, 4) is 0 Å². The van der Waals surface area contributed by atoms with Crippen molar-refractivity contribution in [3.05, 3.63) is 77.6 Å². The Kier molecular flexibility index (Phi) is 7.56. The van der Waals surface area contributed by atoms with E-state index in [2.05, 4.69) is 58.6 Å². The zero-order chi connectivity index (χ0) is 22.3. The maximum absolute atomic E-state index is 10.5. The molecule has 30 heavy (non-hydrogen) atoms. The van der Waals surface area contributed by atoms with Crippen LogP contribution in [0.2, 0.25) is 0 Å². The number of hydrogen-bond acceptors (Lipinski definition) is 6. The van der Waals surface area contributed by atoms with E-state index in [1.54, 1.807) is 18.3 Å². The quantitative estimate of drug-likeness (QED) is 0.291. The smallest absolute Gasteiger partial charge is 0.294 e. The van der Waals surface area contributed by atoms with E-state index in [0.717, 1.165) is 11.1 Å². The molecule has 9 nitrogen and oxygen atoms in total. The second-order valence-corrected chi connectivity index (χ2v) is 8.15. The lowest BCUT2D eigenvalue weighted by Crippen LogP contribution is -2.25. The fourth-order valence-electron chi connectivity index (χ4n) is 2.76. The molecule has 1 heterocycles. The van der Waals surface area contributed by atoms with Crippen LogP contribution >= 0.6 is 0 Å². The van der Waals surface area contributed by atoms with Crippen LogP contribution in [-0.4, -0.2) is 49.0 Å². The van der Waals surface area contributed by atoms with Crippen LogP contribution in [0.5, 0.6) is 0 Å². The van der Waals surface area contributed by atoms with E-state index < -0.39 is 10.1 Å². The molecular weight excluding hydrogens is 404 g/mol. The molecular formula is C20H26N6O3S. The van der Waals surface area contributed by atoms with E-state index in [4.69, 9.17) is 16.0 Å². The van der Waals surface area contributed by atoms with Gasteiger partial charge in [0, 0.05) is 26.5 Å². The first kappa shape index (κ1) is 22.9. The van der Waals surface area contributed by atoms with Crippen LogP contribution in [0.15, 0.2) is 76.0 Å². The van der Waals surface area contributed by atoms with Crippen molar-refractivity contribution in [1.82, 2.24) is 9.80 Å². The molecule has 0 atom stereocenters. The molecule has 10 heteroatoms. The molecule has 0 fully saturated rings. The standard InChI is InChI=1S/C13H18N6.C7H8O3S/c1-18-7-8-19(2)12(18)11-5-3-10(4-6-11)9-16-17-13(14)15;1-6-2-4-7(5-3-6)11(8,9)10/h3-9,12H,1-2H3,(H4,14,15,17);2-5H,1H3,(H,8,9,10). The average Bonchev–Trinajstić information content (AvgIpc) is 3.01. The van der Waals surface area contributed by atoms with E-state index in [-0.39, 0.29) is 17.0 Å². The van der Waals surface area contributed by atoms with Crippen molar-refractivity contribution in [3.63, 3.8) is 0 Å². The second-order valence-electron chi connectivity index (χ2n) is 6.73. The van der Waals surface area contributed by atoms with E-state index in [9.17, 15) is 8.42 Å². The molecule has 0 amide bonds. The lowest BCUT2D eigenvalue weighted by molar-refractivity contribution is 0.209. The lowest BCUT2D eigenvalue weighted by atomic mass is 10.1. The number of nitrogens with zero attached hydrogens (tertiary/aromatic N) is 4. The highest BCUT2D eigenvalue weighted by atomic mass is 32.2. The summed E-state index contributed by atoms with van der Waals surface area (Å²) in [4.78, 5) is 4.24. The predicted octanol–water partition coefficient (Wildman–Crippen LogP) is 1.88. The van der Waals surface area contributed by atoms with E-state index in [1.807, 2.05) is 19.1 Å². The second kappa shape index (κ2) is 9.90. The first-order chi connectivity index (χ1) is 14.1. The normalized spacial score (nSPS) is 14.0. The van der Waals surface area contributed by atoms with Gasteiger partial charge in [0.1, 0.15) is 6.17 Å². The van der Waals surface area contributed by atoms with Gasteiger partial charge in [-0.15, -0.1) is 5.10 Å². The highest BCUT2D eigenvalue weighted by molar-refractivity contribution is 7.85. The van der Waals surface area contributed by atoms with Gasteiger partial charge < -0.3 is 21.3 Å². The Morgan fingerprint density at radius 3 is 2.00 bits per heavy atom. The highest BCUT2D eigenvalue weighted by Gasteiger charge is 2.21. The van der Waals surface area contributed by atoms with Gasteiger partial charge in [0.25, 0.3) is 10.1 Å². The Morgan fingerprint density at radius 2 is 1.53 bits per heavy atom. The molecule has 160 valence electrons. The largest absolute Gasteiger partial charge is 0.369 e. The van der Waals surface area contributed by atoms with Crippen LogP contribution in [0.25, 0.3) is 0 Å². The topological polar surface area (TPSA) is 138 Å². The van der Waals surface area contributed by atoms with Gasteiger partial charge in [0.2, 0.25) is 5.96 Å². The third kappa shape index (κ3) is 6.61. The van der Waals surface area contributed by atoms with Crippen molar-refractivity contribution in [2.75, 3.05) is 14.1 Å². The summed E-state index contributed by atoms with van der Waals surface area (Å²) >= 11 is 0. The average molecular weight is 431 g/mol. The van der Waals surface area contributed by atoms with Crippen molar-refractivity contribution in [2.24, 2.45) is 21.7 Å². The number of guanidine groups is 1. The Morgan fingerprint density at radius 1 is 1.00 bits per heavy atom. The Labute approximate surface area is 176 Å². The van der Waals surface area contributed by atoms with Gasteiger partial charge in [-0.2, -0.15) is 13.5 Å². The Bertz CT molecular complexity index is 1020. The maximum atomic E-state index is 10.5. The van der Waals surface area contributed by atoms with Crippen molar-refractivity contribution in [1.29, 1.82) is 0 Å². The zero-order valence-electron chi connectivity index (χ0n) is 17.0. The van der Waals surface area contributed by atoms with Gasteiger partial charge in [-0.25, -0.2) is 0 Å². The fraction of sp³-hybridized carbons (Fsp3) is 0.200. The monoisotopic (exact) mass is 430 g/mol. The minimum Gasteiger partial charge on any atom is -0.369 e. The summed E-state index contributed by atoms with van der Waals surface area (Å²) in [6.07, 6.45) is 5.96. The molecule has 3 rings (SSSR count). The molecule has 0 unspecified atom stereocenters. The van der Waals surface area contributed by atoms with Gasteiger partial charge in [-0.1, -0.05) is 42.0 Å². The molecule has 1 aliphatic rings. The lowest BCUT2D eigenvalue weighted by Gasteiger charge is -2.27. The maximum Gasteiger partial charge on any atom is 0.294 e. The van der Waals surface area contributed by atoms with Crippen LogP contribution < -0.4 is 11.5 Å². The molecule has 0 spiro atoms. The van der Waals surface area contributed by atoms with Crippen LogP contribution in [0.1, 0.15) is 22.9 Å².